The van der Waals surface area contributed by atoms with Crippen LogP contribution in [0.2, 0.25) is 0 Å². The first-order valence-corrected chi connectivity index (χ1v) is 8.42. The van der Waals surface area contributed by atoms with Crippen molar-refractivity contribution >= 4 is 49.1 Å². The average Bonchev–Trinajstić information content (AvgIpc) is 2.68. The molecule has 0 radical (unpaired) electrons. The summed E-state index contributed by atoms with van der Waals surface area (Å²) in [6.45, 7) is 3.67. The van der Waals surface area contributed by atoms with E-state index in [4.69, 9.17) is 5.73 Å². The molecule has 100 valence electrons. The van der Waals surface area contributed by atoms with Crippen molar-refractivity contribution in [1.29, 1.82) is 0 Å². The van der Waals surface area contributed by atoms with Crippen molar-refractivity contribution in [2.75, 3.05) is 13.1 Å². The van der Waals surface area contributed by atoms with Crippen molar-refractivity contribution in [1.82, 2.24) is 4.90 Å². The molecule has 0 aromatic carbocycles. The van der Waals surface area contributed by atoms with Crippen molar-refractivity contribution in [3.63, 3.8) is 0 Å². The van der Waals surface area contributed by atoms with Crippen molar-refractivity contribution in [2.45, 2.75) is 25.8 Å². The van der Waals surface area contributed by atoms with Gasteiger partial charge < -0.3 is 10.6 Å². The summed E-state index contributed by atoms with van der Waals surface area (Å²) in [5.74, 6) is 0.526. The summed E-state index contributed by atoms with van der Waals surface area (Å²) >= 11 is 8.38. The molecule has 3 nitrogen and oxygen atoms in total. The van der Waals surface area contributed by atoms with Gasteiger partial charge in [0.2, 0.25) is 0 Å². The van der Waals surface area contributed by atoms with Crippen LogP contribution in [0.1, 0.15) is 30.1 Å². The van der Waals surface area contributed by atoms with Gasteiger partial charge in [-0.3, -0.25) is 4.79 Å². The second-order valence-corrected chi connectivity index (χ2v) is 8.36. The molecule has 0 bridgehead atoms. The van der Waals surface area contributed by atoms with Crippen LogP contribution in [0.5, 0.6) is 0 Å². The number of hydrogen-bond acceptors (Lipinski definition) is 3. The summed E-state index contributed by atoms with van der Waals surface area (Å²) in [4.78, 5) is 14.4. The topological polar surface area (TPSA) is 46.3 Å². The molecular weight excluding hydrogens is 380 g/mol. The van der Waals surface area contributed by atoms with Gasteiger partial charge in [-0.05, 0) is 50.3 Å². The average molecular weight is 396 g/mol. The Morgan fingerprint density at radius 3 is 2.89 bits per heavy atom. The summed E-state index contributed by atoms with van der Waals surface area (Å²) < 4.78 is 1.86. The van der Waals surface area contributed by atoms with Crippen molar-refractivity contribution < 1.29 is 4.79 Å². The Balaban J connectivity index is 2.12. The van der Waals surface area contributed by atoms with Crippen molar-refractivity contribution in [3.05, 3.63) is 19.2 Å². The van der Waals surface area contributed by atoms with Crippen molar-refractivity contribution in [3.8, 4) is 0 Å². The van der Waals surface area contributed by atoms with Crippen LogP contribution in [0, 0.1) is 5.92 Å². The number of piperidine rings is 1. The first-order valence-electron chi connectivity index (χ1n) is 6.02. The molecule has 2 unspecified atom stereocenters. The van der Waals surface area contributed by atoms with Gasteiger partial charge in [-0.2, -0.15) is 0 Å². The second-order valence-electron chi connectivity index (χ2n) is 4.61. The minimum absolute atomic E-state index is 0.106. The minimum Gasteiger partial charge on any atom is -0.338 e. The lowest BCUT2D eigenvalue weighted by atomic mass is 9.90. The van der Waals surface area contributed by atoms with Crippen LogP contribution < -0.4 is 5.73 Å². The predicted octanol–water partition coefficient (Wildman–Crippen LogP) is 3.47. The Labute approximate surface area is 128 Å². The molecule has 1 saturated heterocycles. The van der Waals surface area contributed by atoms with Crippen LogP contribution in [0.25, 0.3) is 0 Å². The molecule has 1 amide bonds. The fourth-order valence-corrected chi connectivity index (χ4v) is 5.10. The molecule has 1 aliphatic rings. The van der Waals surface area contributed by atoms with Crippen LogP contribution in [0.4, 0.5) is 0 Å². The maximum atomic E-state index is 12.4. The molecular formula is C12H16Br2N2OS. The lowest BCUT2D eigenvalue weighted by molar-refractivity contribution is 0.0649. The van der Waals surface area contributed by atoms with Gasteiger partial charge in [0.15, 0.2) is 0 Å². The lowest BCUT2D eigenvalue weighted by Gasteiger charge is -2.36. The Morgan fingerprint density at radius 1 is 1.61 bits per heavy atom. The molecule has 6 heteroatoms. The summed E-state index contributed by atoms with van der Waals surface area (Å²) in [5.41, 5.74) is 6.82. The van der Waals surface area contributed by atoms with Crippen LogP contribution >= 0.6 is 43.2 Å². The fraction of sp³-hybridized carbons (Fsp3) is 0.583. The van der Waals surface area contributed by atoms with E-state index in [1.54, 1.807) is 0 Å². The van der Waals surface area contributed by atoms with E-state index in [1.165, 1.54) is 11.3 Å². The van der Waals surface area contributed by atoms with Gasteiger partial charge in [0.05, 0.1) is 13.1 Å². The standard InChI is InChI=1S/C12H16Br2N2OS/c1-2-7-6-16(4-3-9(7)15)12(17)8-5-10(13)18-11(8)14/h5,7,9H,2-4,6,15H2,1H3. The minimum atomic E-state index is 0.106. The Bertz CT molecular complexity index is 449. The number of amides is 1. The predicted molar refractivity (Wildman–Crippen MR) is 82.0 cm³/mol. The number of likely N-dealkylation sites (tertiary alicyclic amines) is 1. The number of carbonyl (C=O) groups is 1. The number of hydrogen-bond donors (Lipinski definition) is 1. The number of rotatable bonds is 2. The maximum absolute atomic E-state index is 12.4. The zero-order chi connectivity index (χ0) is 13.3. The van der Waals surface area contributed by atoms with E-state index in [-0.39, 0.29) is 11.9 Å². The summed E-state index contributed by atoms with van der Waals surface area (Å²) in [7, 11) is 0. The Hall–Kier alpha value is 0.0900. The molecule has 0 spiro atoms. The van der Waals surface area contributed by atoms with E-state index in [0.29, 0.717) is 5.92 Å². The molecule has 2 N–H and O–H groups in total. The molecule has 2 atom stereocenters. The number of thiophene rings is 1. The van der Waals surface area contributed by atoms with Gasteiger partial charge in [0.1, 0.15) is 0 Å². The quantitative estimate of drug-likeness (QED) is 0.833. The molecule has 2 rings (SSSR count). The highest BCUT2D eigenvalue weighted by Gasteiger charge is 2.29. The summed E-state index contributed by atoms with van der Waals surface area (Å²) in [5, 5.41) is 0. The zero-order valence-electron chi connectivity index (χ0n) is 10.2. The number of nitrogens with two attached hydrogens (primary N) is 1. The summed E-state index contributed by atoms with van der Waals surface area (Å²) in [6.07, 6.45) is 1.92. The molecule has 2 heterocycles. The number of carbonyl (C=O) groups excluding carboxylic acids is 1. The largest absolute Gasteiger partial charge is 0.338 e. The normalized spacial score (nSPS) is 24.3. The highest BCUT2D eigenvalue weighted by atomic mass is 79.9. The Morgan fingerprint density at radius 2 is 2.33 bits per heavy atom. The van der Waals surface area contributed by atoms with E-state index in [1.807, 2.05) is 11.0 Å². The van der Waals surface area contributed by atoms with E-state index in [9.17, 15) is 4.79 Å². The lowest BCUT2D eigenvalue weighted by Crippen LogP contribution is -2.49. The van der Waals surface area contributed by atoms with Crippen LogP contribution in [0.15, 0.2) is 13.6 Å². The molecule has 1 aromatic rings. The van der Waals surface area contributed by atoms with Gasteiger partial charge in [-0.25, -0.2) is 0 Å². The van der Waals surface area contributed by atoms with E-state index in [2.05, 4.69) is 38.8 Å². The maximum Gasteiger partial charge on any atom is 0.255 e. The first kappa shape index (κ1) is 14.5. The fourth-order valence-electron chi connectivity index (χ4n) is 2.32. The van der Waals surface area contributed by atoms with E-state index < -0.39 is 0 Å². The molecule has 0 saturated carbocycles. The number of halogens is 2. The highest BCUT2D eigenvalue weighted by Crippen LogP contribution is 2.33. The highest BCUT2D eigenvalue weighted by molar-refractivity contribution is 9.12. The van der Waals surface area contributed by atoms with Gasteiger partial charge in [-0.1, -0.05) is 13.3 Å². The summed E-state index contributed by atoms with van der Waals surface area (Å²) in [6, 6.07) is 2.11. The van der Waals surface area contributed by atoms with E-state index in [0.717, 1.165) is 39.1 Å². The van der Waals surface area contributed by atoms with Gasteiger partial charge in [-0.15, -0.1) is 11.3 Å². The number of nitrogens with zero attached hydrogens (tertiary/aromatic N) is 1. The third kappa shape index (κ3) is 2.98. The van der Waals surface area contributed by atoms with Crippen LogP contribution in [-0.4, -0.2) is 29.9 Å². The second kappa shape index (κ2) is 6.03. The van der Waals surface area contributed by atoms with E-state index >= 15 is 0 Å². The first-order chi connectivity index (χ1) is 8.52. The monoisotopic (exact) mass is 394 g/mol. The smallest absolute Gasteiger partial charge is 0.255 e. The molecule has 1 aliphatic heterocycles. The molecule has 0 aliphatic carbocycles. The molecule has 1 fully saturated rings. The zero-order valence-corrected chi connectivity index (χ0v) is 14.1. The van der Waals surface area contributed by atoms with Crippen molar-refractivity contribution in [2.24, 2.45) is 11.7 Å². The van der Waals surface area contributed by atoms with Crippen LogP contribution in [-0.2, 0) is 0 Å². The van der Waals surface area contributed by atoms with Gasteiger partial charge in [0.25, 0.3) is 5.91 Å². The van der Waals surface area contributed by atoms with Gasteiger partial charge in [0, 0.05) is 19.1 Å². The third-order valence-corrected chi connectivity index (χ3v) is 5.83. The van der Waals surface area contributed by atoms with Gasteiger partial charge >= 0.3 is 0 Å². The Kier molecular flexibility index (Phi) is 4.86. The molecule has 18 heavy (non-hydrogen) atoms. The molecule has 1 aromatic heterocycles. The SMILES string of the molecule is CCC1CN(C(=O)c2cc(Br)sc2Br)CCC1N. The third-order valence-electron chi connectivity index (χ3n) is 3.49. The van der Waals surface area contributed by atoms with Crippen LogP contribution in [0.3, 0.4) is 0 Å².